The number of carbonyl (C=O) groups excluding carboxylic acids is 4. The molecule has 1 heterocycles. The Morgan fingerprint density at radius 1 is 1.18 bits per heavy atom. The van der Waals surface area contributed by atoms with E-state index in [1.165, 1.54) is 0 Å². The summed E-state index contributed by atoms with van der Waals surface area (Å²) in [7, 11) is 0. The number of imide groups is 1. The Kier molecular flexibility index (Phi) is 8.51. The maximum Gasteiger partial charge on any atom is 0.326 e. The fraction of sp³-hybridized carbons (Fsp3) is 0.250. The third kappa shape index (κ3) is 6.71. The second-order valence-electron chi connectivity index (χ2n) is 7.65. The number of para-hydroxylation sites is 1. The summed E-state index contributed by atoms with van der Waals surface area (Å²) >= 11 is 4.16. The Bertz CT molecular complexity index is 1160. The van der Waals surface area contributed by atoms with Gasteiger partial charge in [-0.25, -0.2) is 0 Å². The third-order valence-corrected chi connectivity index (χ3v) is 6.09. The number of anilines is 1. The van der Waals surface area contributed by atoms with Crippen LogP contribution in [0.5, 0.6) is 5.75 Å². The Balaban J connectivity index is 1.61. The molecule has 1 aliphatic heterocycles. The Hall–Kier alpha value is -3.11. The molecular formula is C24H23BrN2O6S. The van der Waals surface area contributed by atoms with Crippen molar-refractivity contribution in [1.29, 1.82) is 0 Å². The van der Waals surface area contributed by atoms with Crippen LogP contribution in [0.25, 0.3) is 6.08 Å². The van der Waals surface area contributed by atoms with E-state index in [9.17, 15) is 19.2 Å². The molecule has 10 heteroatoms. The number of esters is 1. The minimum Gasteiger partial charge on any atom is -0.483 e. The van der Waals surface area contributed by atoms with E-state index in [4.69, 9.17) is 9.47 Å². The number of nitrogens with one attached hydrogen (secondary N) is 1. The molecule has 0 atom stereocenters. The van der Waals surface area contributed by atoms with Gasteiger partial charge >= 0.3 is 5.97 Å². The lowest BCUT2D eigenvalue weighted by Crippen LogP contribution is -2.35. The molecule has 1 N–H and O–H groups in total. The zero-order valence-corrected chi connectivity index (χ0v) is 21.2. The van der Waals surface area contributed by atoms with Crippen LogP contribution in [0, 0.1) is 6.92 Å². The standard InChI is InChI=1S/C24H23BrN2O6S/c1-14(2)33-22(29)12-27-23(30)20(34-24(27)31)11-16-8-9-19(17(25)10-16)32-13-21(28)26-18-7-5-4-6-15(18)3/h4-11,14H,12-13H2,1-3H3,(H,26,28)/b20-11-. The van der Waals surface area contributed by atoms with Gasteiger partial charge in [0.1, 0.15) is 12.3 Å². The van der Waals surface area contributed by atoms with Crippen molar-refractivity contribution in [3.8, 4) is 5.75 Å². The number of carbonyl (C=O) groups is 4. The SMILES string of the molecule is Cc1ccccc1NC(=O)COc1ccc(/C=C2\SC(=O)N(CC(=O)OC(C)C)C2=O)cc1Br. The number of hydrogen-bond donors (Lipinski definition) is 1. The van der Waals surface area contributed by atoms with Gasteiger partial charge in [0.2, 0.25) is 0 Å². The highest BCUT2D eigenvalue weighted by atomic mass is 79.9. The van der Waals surface area contributed by atoms with Gasteiger partial charge in [0, 0.05) is 5.69 Å². The molecule has 2 aromatic rings. The van der Waals surface area contributed by atoms with Gasteiger partial charge in [-0.15, -0.1) is 0 Å². The van der Waals surface area contributed by atoms with Crippen LogP contribution in [0.2, 0.25) is 0 Å². The number of amides is 3. The van der Waals surface area contributed by atoms with E-state index in [0.717, 1.165) is 27.9 Å². The van der Waals surface area contributed by atoms with Crippen LogP contribution in [0.15, 0.2) is 51.8 Å². The summed E-state index contributed by atoms with van der Waals surface area (Å²) in [6.45, 7) is 4.66. The third-order valence-electron chi connectivity index (χ3n) is 4.56. The second kappa shape index (κ2) is 11.3. The van der Waals surface area contributed by atoms with Crippen molar-refractivity contribution in [2.24, 2.45) is 0 Å². The van der Waals surface area contributed by atoms with Gasteiger partial charge in [0.15, 0.2) is 6.61 Å². The fourth-order valence-corrected chi connectivity index (χ4v) is 4.33. The molecule has 0 bridgehead atoms. The summed E-state index contributed by atoms with van der Waals surface area (Å²) in [4.78, 5) is 49.8. The molecule has 34 heavy (non-hydrogen) atoms. The van der Waals surface area contributed by atoms with Gasteiger partial charge in [-0.3, -0.25) is 24.1 Å². The first-order chi connectivity index (χ1) is 16.1. The quantitative estimate of drug-likeness (QED) is 0.376. The molecule has 0 spiro atoms. The maximum absolute atomic E-state index is 12.6. The van der Waals surface area contributed by atoms with Crippen molar-refractivity contribution < 1.29 is 28.7 Å². The van der Waals surface area contributed by atoms with E-state index in [-0.39, 0.29) is 23.5 Å². The molecule has 3 amide bonds. The smallest absolute Gasteiger partial charge is 0.326 e. The number of aryl methyl sites for hydroxylation is 1. The summed E-state index contributed by atoms with van der Waals surface area (Å²) in [5, 5.41) is 2.27. The van der Waals surface area contributed by atoms with Crippen LogP contribution < -0.4 is 10.1 Å². The van der Waals surface area contributed by atoms with E-state index in [1.807, 2.05) is 31.2 Å². The predicted molar refractivity (Wildman–Crippen MR) is 133 cm³/mol. The topological polar surface area (TPSA) is 102 Å². The van der Waals surface area contributed by atoms with Crippen molar-refractivity contribution in [1.82, 2.24) is 4.90 Å². The van der Waals surface area contributed by atoms with Crippen molar-refractivity contribution in [2.75, 3.05) is 18.5 Å². The normalized spacial score (nSPS) is 14.6. The van der Waals surface area contributed by atoms with Crippen molar-refractivity contribution in [2.45, 2.75) is 26.9 Å². The van der Waals surface area contributed by atoms with Gasteiger partial charge in [-0.1, -0.05) is 24.3 Å². The van der Waals surface area contributed by atoms with E-state index >= 15 is 0 Å². The number of halogens is 1. The van der Waals surface area contributed by atoms with Crippen LogP contribution in [-0.2, 0) is 19.1 Å². The lowest BCUT2D eigenvalue weighted by Gasteiger charge is -2.13. The van der Waals surface area contributed by atoms with Crippen molar-refractivity contribution in [3.63, 3.8) is 0 Å². The zero-order valence-electron chi connectivity index (χ0n) is 18.8. The van der Waals surface area contributed by atoms with Crippen molar-refractivity contribution >= 4 is 62.5 Å². The number of nitrogens with zero attached hydrogens (tertiary/aromatic N) is 1. The highest BCUT2D eigenvalue weighted by Gasteiger charge is 2.36. The van der Waals surface area contributed by atoms with Crippen LogP contribution >= 0.6 is 27.7 Å². The largest absolute Gasteiger partial charge is 0.483 e. The number of thioether (sulfide) groups is 1. The molecular weight excluding hydrogens is 524 g/mol. The van der Waals surface area contributed by atoms with Crippen LogP contribution in [0.3, 0.4) is 0 Å². The van der Waals surface area contributed by atoms with Gasteiger partial charge in [-0.2, -0.15) is 0 Å². The van der Waals surface area contributed by atoms with Crippen LogP contribution in [-0.4, -0.2) is 47.2 Å². The summed E-state index contributed by atoms with van der Waals surface area (Å²) in [6, 6.07) is 12.5. The van der Waals surface area contributed by atoms with Crippen LogP contribution in [0.1, 0.15) is 25.0 Å². The van der Waals surface area contributed by atoms with Gasteiger partial charge in [-0.05, 0) is 83.9 Å². The lowest BCUT2D eigenvalue weighted by molar-refractivity contribution is -0.149. The van der Waals surface area contributed by atoms with E-state index < -0.39 is 23.7 Å². The van der Waals surface area contributed by atoms with E-state index in [1.54, 1.807) is 38.1 Å². The molecule has 178 valence electrons. The number of rotatable bonds is 8. The first-order valence-corrected chi connectivity index (χ1v) is 12.0. The lowest BCUT2D eigenvalue weighted by atomic mass is 10.2. The fourth-order valence-electron chi connectivity index (χ4n) is 2.98. The molecule has 2 aromatic carbocycles. The van der Waals surface area contributed by atoms with Gasteiger partial charge < -0.3 is 14.8 Å². The first kappa shape index (κ1) is 25.5. The summed E-state index contributed by atoms with van der Waals surface area (Å²) < 4.78 is 11.2. The van der Waals surface area contributed by atoms with E-state index in [0.29, 0.717) is 15.8 Å². The van der Waals surface area contributed by atoms with Crippen molar-refractivity contribution in [3.05, 3.63) is 63.0 Å². The molecule has 0 saturated carbocycles. The zero-order chi connectivity index (χ0) is 24.8. The minimum absolute atomic E-state index is 0.183. The summed E-state index contributed by atoms with van der Waals surface area (Å²) in [5.74, 6) is -1.05. The van der Waals surface area contributed by atoms with Gasteiger partial charge in [0.25, 0.3) is 17.1 Å². The van der Waals surface area contributed by atoms with E-state index in [2.05, 4.69) is 21.2 Å². The Morgan fingerprint density at radius 2 is 1.91 bits per heavy atom. The molecule has 0 radical (unpaired) electrons. The molecule has 3 rings (SSSR count). The highest BCUT2D eigenvalue weighted by Crippen LogP contribution is 2.34. The average Bonchev–Trinajstić information content (AvgIpc) is 3.01. The predicted octanol–water partition coefficient (Wildman–Crippen LogP) is 4.76. The summed E-state index contributed by atoms with van der Waals surface area (Å²) in [6.07, 6.45) is 1.22. The van der Waals surface area contributed by atoms with Crippen LogP contribution in [0.4, 0.5) is 10.5 Å². The number of benzene rings is 2. The molecule has 0 aromatic heterocycles. The van der Waals surface area contributed by atoms with Gasteiger partial charge in [0.05, 0.1) is 15.5 Å². The molecule has 0 aliphatic carbocycles. The molecule has 0 unspecified atom stereocenters. The highest BCUT2D eigenvalue weighted by molar-refractivity contribution is 9.10. The molecule has 1 fully saturated rings. The Morgan fingerprint density at radius 3 is 2.59 bits per heavy atom. The summed E-state index contributed by atoms with van der Waals surface area (Å²) in [5.41, 5.74) is 2.30. The number of hydrogen-bond acceptors (Lipinski definition) is 7. The molecule has 1 saturated heterocycles. The second-order valence-corrected chi connectivity index (χ2v) is 9.50. The number of ether oxygens (including phenoxy) is 2. The maximum atomic E-state index is 12.6. The first-order valence-electron chi connectivity index (χ1n) is 10.4. The Labute approximate surface area is 209 Å². The monoisotopic (exact) mass is 546 g/mol. The molecule has 8 nitrogen and oxygen atoms in total. The molecule has 1 aliphatic rings. The average molecular weight is 547 g/mol. The minimum atomic E-state index is -0.644.